The molecule has 0 amide bonds. The predicted octanol–water partition coefficient (Wildman–Crippen LogP) is 2.07. The second kappa shape index (κ2) is 3.90. The Hall–Kier alpha value is -1.79. The van der Waals surface area contributed by atoms with Crippen LogP contribution in [0.25, 0.3) is 10.9 Å². The van der Waals surface area contributed by atoms with Crippen molar-refractivity contribution in [3.63, 3.8) is 0 Å². The SMILES string of the molecule is CN1CCc2[nH]c3cccc(C#N)c3c2CC1. The lowest BCUT2D eigenvalue weighted by Crippen LogP contribution is -2.21. The number of nitrogens with one attached hydrogen (secondary N) is 1. The van der Waals surface area contributed by atoms with Gasteiger partial charge in [0, 0.05) is 36.1 Å². The Balaban J connectivity index is 2.23. The summed E-state index contributed by atoms with van der Waals surface area (Å²) in [4.78, 5) is 5.82. The number of hydrogen-bond acceptors (Lipinski definition) is 2. The van der Waals surface area contributed by atoms with Crippen LogP contribution in [0.5, 0.6) is 0 Å². The number of aromatic amines is 1. The van der Waals surface area contributed by atoms with Crippen LogP contribution in [0, 0.1) is 11.3 Å². The van der Waals surface area contributed by atoms with Crippen molar-refractivity contribution in [2.45, 2.75) is 12.8 Å². The highest BCUT2D eigenvalue weighted by Crippen LogP contribution is 2.28. The Labute approximate surface area is 101 Å². The number of aromatic nitrogens is 1. The molecule has 0 saturated heterocycles. The monoisotopic (exact) mass is 225 g/mol. The minimum absolute atomic E-state index is 0.796. The van der Waals surface area contributed by atoms with Crippen LogP contribution in [-0.4, -0.2) is 30.0 Å². The summed E-state index contributed by atoms with van der Waals surface area (Å²) >= 11 is 0. The van der Waals surface area contributed by atoms with E-state index >= 15 is 0 Å². The lowest BCUT2D eigenvalue weighted by Gasteiger charge is -2.11. The fourth-order valence-corrected chi connectivity index (χ4v) is 2.67. The number of rotatable bonds is 0. The largest absolute Gasteiger partial charge is 0.358 e. The van der Waals surface area contributed by atoms with E-state index in [9.17, 15) is 5.26 Å². The van der Waals surface area contributed by atoms with Gasteiger partial charge >= 0.3 is 0 Å². The lowest BCUT2D eigenvalue weighted by molar-refractivity contribution is 0.352. The number of H-pyrrole nitrogens is 1. The second-order valence-electron chi connectivity index (χ2n) is 4.73. The molecule has 0 atom stereocenters. The van der Waals surface area contributed by atoms with Crippen LogP contribution in [-0.2, 0) is 12.8 Å². The van der Waals surface area contributed by atoms with Gasteiger partial charge in [0.1, 0.15) is 0 Å². The normalized spacial score (nSPS) is 16.5. The van der Waals surface area contributed by atoms with E-state index in [1.54, 1.807) is 0 Å². The molecule has 0 saturated carbocycles. The smallest absolute Gasteiger partial charge is 0.0998 e. The van der Waals surface area contributed by atoms with Gasteiger partial charge in [-0.05, 0) is 31.2 Å². The molecule has 2 heterocycles. The fraction of sp³-hybridized carbons (Fsp3) is 0.357. The highest BCUT2D eigenvalue weighted by molar-refractivity contribution is 5.90. The molecular formula is C14H15N3. The average molecular weight is 225 g/mol. The molecule has 2 aromatic rings. The quantitative estimate of drug-likeness (QED) is 0.745. The first-order valence-electron chi connectivity index (χ1n) is 6.00. The summed E-state index contributed by atoms with van der Waals surface area (Å²) in [7, 11) is 2.15. The van der Waals surface area contributed by atoms with E-state index in [1.165, 1.54) is 11.3 Å². The van der Waals surface area contributed by atoms with Gasteiger partial charge in [0.05, 0.1) is 11.6 Å². The summed E-state index contributed by atoms with van der Waals surface area (Å²) < 4.78 is 0. The Morgan fingerprint density at radius 1 is 1.29 bits per heavy atom. The Morgan fingerprint density at radius 2 is 2.12 bits per heavy atom. The summed E-state index contributed by atoms with van der Waals surface area (Å²) in [5.74, 6) is 0. The Bertz CT molecular complexity index is 604. The van der Waals surface area contributed by atoms with Crippen LogP contribution in [0.4, 0.5) is 0 Å². The average Bonchev–Trinajstić information content (AvgIpc) is 2.61. The first-order chi connectivity index (χ1) is 8.29. The van der Waals surface area contributed by atoms with Crippen LogP contribution in [0.15, 0.2) is 18.2 Å². The van der Waals surface area contributed by atoms with Crippen LogP contribution in [0.2, 0.25) is 0 Å². The van der Waals surface area contributed by atoms with Crippen molar-refractivity contribution in [3.05, 3.63) is 35.0 Å². The van der Waals surface area contributed by atoms with Crippen molar-refractivity contribution < 1.29 is 0 Å². The molecule has 3 rings (SSSR count). The molecular weight excluding hydrogens is 210 g/mol. The number of nitriles is 1. The first kappa shape index (κ1) is 10.4. The number of nitrogens with zero attached hydrogens (tertiary/aromatic N) is 2. The van der Waals surface area contributed by atoms with Crippen LogP contribution in [0.1, 0.15) is 16.8 Å². The zero-order valence-electron chi connectivity index (χ0n) is 9.95. The molecule has 3 nitrogen and oxygen atoms in total. The zero-order chi connectivity index (χ0) is 11.8. The van der Waals surface area contributed by atoms with Gasteiger partial charge < -0.3 is 9.88 Å². The topological polar surface area (TPSA) is 42.8 Å². The molecule has 1 aromatic heterocycles. The van der Waals surface area contributed by atoms with E-state index < -0.39 is 0 Å². The molecule has 0 spiro atoms. The van der Waals surface area contributed by atoms with Gasteiger partial charge in [-0.25, -0.2) is 0 Å². The van der Waals surface area contributed by atoms with Crippen LogP contribution < -0.4 is 0 Å². The van der Waals surface area contributed by atoms with E-state index in [1.807, 2.05) is 12.1 Å². The molecule has 0 aliphatic carbocycles. The number of hydrogen-bond donors (Lipinski definition) is 1. The van der Waals surface area contributed by atoms with Gasteiger partial charge in [-0.3, -0.25) is 0 Å². The summed E-state index contributed by atoms with van der Waals surface area (Å²) in [6.45, 7) is 2.15. The van der Waals surface area contributed by atoms with E-state index in [0.717, 1.165) is 42.4 Å². The van der Waals surface area contributed by atoms with Gasteiger partial charge in [0.15, 0.2) is 0 Å². The van der Waals surface area contributed by atoms with Crippen molar-refractivity contribution in [2.24, 2.45) is 0 Å². The standard InChI is InChI=1S/C14H15N3/c1-17-7-5-11-12(6-8-17)16-13-4-2-3-10(9-15)14(11)13/h2-4,16H,5-8H2,1H3. The van der Waals surface area contributed by atoms with Gasteiger partial charge in [-0.1, -0.05) is 6.07 Å². The maximum absolute atomic E-state index is 9.20. The minimum Gasteiger partial charge on any atom is -0.358 e. The van der Waals surface area contributed by atoms with Crippen LogP contribution >= 0.6 is 0 Å². The van der Waals surface area contributed by atoms with Crippen molar-refractivity contribution in [3.8, 4) is 6.07 Å². The molecule has 3 heteroatoms. The maximum Gasteiger partial charge on any atom is 0.0998 e. The van der Waals surface area contributed by atoms with Crippen molar-refractivity contribution in [2.75, 3.05) is 20.1 Å². The summed E-state index contributed by atoms with van der Waals surface area (Å²) in [5.41, 5.74) is 4.57. The van der Waals surface area contributed by atoms with E-state index in [0.29, 0.717) is 0 Å². The van der Waals surface area contributed by atoms with Crippen molar-refractivity contribution in [1.29, 1.82) is 5.26 Å². The number of benzene rings is 1. The van der Waals surface area contributed by atoms with Gasteiger partial charge in [0.25, 0.3) is 0 Å². The highest BCUT2D eigenvalue weighted by atomic mass is 15.1. The van der Waals surface area contributed by atoms with Crippen molar-refractivity contribution >= 4 is 10.9 Å². The van der Waals surface area contributed by atoms with Gasteiger partial charge in [-0.2, -0.15) is 5.26 Å². The molecule has 0 fully saturated rings. The van der Waals surface area contributed by atoms with E-state index in [-0.39, 0.29) is 0 Å². The molecule has 1 aliphatic heterocycles. The van der Waals surface area contributed by atoms with E-state index in [4.69, 9.17) is 0 Å². The molecule has 0 unspecified atom stereocenters. The Morgan fingerprint density at radius 3 is 2.94 bits per heavy atom. The van der Waals surface area contributed by atoms with Crippen molar-refractivity contribution in [1.82, 2.24) is 9.88 Å². The maximum atomic E-state index is 9.20. The van der Waals surface area contributed by atoms with Gasteiger partial charge in [-0.15, -0.1) is 0 Å². The molecule has 1 N–H and O–H groups in total. The highest BCUT2D eigenvalue weighted by Gasteiger charge is 2.17. The molecule has 17 heavy (non-hydrogen) atoms. The summed E-state index contributed by atoms with van der Waals surface area (Å²) in [6, 6.07) is 8.22. The lowest BCUT2D eigenvalue weighted by atomic mass is 10.0. The third-order valence-electron chi connectivity index (χ3n) is 3.62. The summed E-state index contributed by atoms with van der Waals surface area (Å²) in [6.07, 6.45) is 2.08. The summed E-state index contributed by atoms with van der Waals surface area (Å²) in [5, 5.41) is 10.3. The zero-order valence-corrected chi connectivity index (χ0v) is 9.95. The fourth-order valence-electron chi connectivity index (χ4n) is 2.67. The third kappa shape index (κ3) is 1.62. The minimum atomic E-state index is 0.796. The Kier molecular flexibility index (Phi) is 2.38. The second-order valence-corrected chi connectivity index (χ2v) is 4.73. The number of likely N-dealkylation sites (N-methyl/N-ethyl adjacent to an activating group) is 1. The molecule has 1 aromatic carbocycles. The molecule has 86 valence electrons. The molecule has 0 radical (unpaired) electrons. The molecule has 0 bridgehead atoms. The number of fused-ring (bicyclic) bond motifs is 3. The van der Waals surface area contributed by atoms with Crippen LogP contribution in [0.3, 0.4) is 0 Å². The predicted molar refractivity (Wildman–Crippen MR) is 67.9 cm³/mol. The molecule has 1 aliphatic rings. The first-order valence-corrected chi connectivity index (χ1v) is 6.00. The third-order valence-corrected chi connectivity index (χ3v) is 3.62. The van der Waals surface area contributed by atoms with Gasteiger partial charge in [0.2, 0.25) is 0 Å². The van der Waals surface area contributed by atoms with E-state index in [2.05, 4.69) is 29.1 Å².